The van der Waals surface area contributed by atoms with Crippen LogP contribution in [0.1, 0.15) is 12.5 Å². The second kappa shape index (κ2) is 6.39. The fourth-order valence-electron chi connectivity index (χ4n) is 1.27. The van der Waals surface area contributed by atoms with E-state index in [-0.39, 0.29) is 5.97 Å². The number of aromatic nitrogens is 1. The first-order valence-electron chi connectivity index (χ1n) is 5.21. The molecule has 4 nitrogen and oxygen atoms in total. The van der Waals surface area contributed by atoms with Crippen LogP contribution in [0, 0.1) is 0 Å². The normalized spacial score (nSPS) is 11.2. The second-order valence-electron chi connectivity index (χ2n) is 3.62. The van der Waals surface area contributed by atoms with Crippen LogP contribution in [-0.4, -0.2) is 36.6 Å². The molecule has 17 heavy (non-hydrogen) atoms. The highest BCUT2D eigenvalue weighted by atomic mass is 79.9. The summed E-state index contributed by atoms with van der Waals surface area (Å²) >= 11 is 3.33. The Balaban J connectivity index is 3.11. The van der Waals surface area contributed by atoms with E-state index in [1.54, 1.807) is 30.4 Å². The third-order valence-electron chi connectivity index (χ3n) is 1.90. The average molecular weight is 299 g/mol. The molecular formula is C12H15BrN2O2. The fourth-order valence-corrected chi connectivity index (χ4v) is 1.64. The number of ether oxygens (including phenoxy) is 1. The molecule has 0 radical (unpaired) electrons. The van der Waals surface area contributed by atoms with Crippen LogP contribution in [-0.2, 0) is 9.53 Å². The molecule has 1 heterocycles. The average Bonchev–Trinajstić information content (AvgIpc) is 2.26. The predicted octanol–water partition coefficient (Wildman–Crippen LogP) is 2.31. The van der Waals surface area contributed by atoms with Gasteiger partial charge in [-0.2, -0.15) is 0 Å². The molecule has 0 fully saturated rings. The molecule has 0 amide bonds. The third kappa shape index (κ3) is 4.19. The molecule has 0 aliphatic heterocycles. The molecule has 0 unspecified atom stereocenters. The van der Waals surface area contributed by atoms with Crippen molar-refractivity contribution >= 4 is 27.5 Å². The molecule has 1 aromatic heterocycles. The van der Waals surface area contributed by atoms with E-state index in [9.17, 15) is 4.79 Å². The van der Waals surface area contributed by atoms with Crippen LogP contribution in [0.15, 0.2) is 29.1 Å². The van der Waals surface area contributed by atoms with E-state index in [1.807, 2.05) is 20.2 Å². The summed E-state index contributed by atoms with van der Waals surface area (Å²) in [5.41, 5.74) is 1.22. The fraction of sp³-hybridized carbons (Fsp3) is 0.333. The van der Waals surface area contributed by atoms with Gasteiger partial charge >= 0.3 is 5.97 Å². The Bertz CT molecular complexity index is 430. The summed E-state index contributed by atoms with van der Waals surface area (Å²) in [6, 6.07) is 1.83. The lowest BCUT2D eigenvalue weighted by molar-refractivity contribution is -0.136. The standard InChI is InChI=1S/C12H15BrN2O2/c1-4-17-12(16)11(8-15(2)3)9-5-10(13)7-14-6-9/h5-8H,4H2,1-3H3. The first kappa shape index (κ1) is 13.7. The van der Waals surface area contributed by atoms with Crippen molar-refractivity contribution in [2.45, 2.75) is 6.92 Å². The summed E-state index contributed by atoms with van der Waals surface area (Å²) < 4.78 is 5.85. The maximum atomic E-state index is 11.8. The Morgan fingerprint density at radius 1 is 1.53 bits per heavy atom. The molecule has 0 aromatic carbocycles. The molecular weight excluding hydrogens is 284 g/mol. The molecule has 0 aliphatic rings. The van der Waals surface area contributed by atoms with Crippen molar-refractivity contribution in [3.63, 3.8) is 0 Å². The Hall–Kier alpha value is -1.36. The first-order chi connectivity index (χ1) is 8.04. The summed E-state index contributed by atoms with van der Waals surface area (Å²) in [5, 5.41) is 0. The minimum absolute atomic E-state index is 0.346. The van der Waals surface area contributed by atoms with Gasteiger partial charge in [0.15, 0.2) is 0 Å². The topological polar surface area (TPSA) is 42.4 Å². The minimum atomic E-state index is -0.346. The molecule has 0 saturated carbocycles. The molecule has 0 aliphatic carbocycles. The lowest BCUT2D eigenvalue weighted by Gasteiger charge is -2.11. The van der Waals surface area contributed by atoms with Crippen molar-refractivity contribution in [1.29, 1.82) is 0 Å². The van der Waals surface area contributed by atoms with Gasteiger partial charge in [-0.25, -0.2) is 4.79 Å². The highest BCUT2D eigenvalue weighted by molar-refractivity contribution is 9.10. The van der Waals surface area contributed by atoms with Crippen LogP contribution in [0.2, 0.25) is 0 Å². The van der Waals surface area contributed by atoms with Gasteiger partial charge in [-0.3, -0.25) is 4.98 Å². The lowest BCUT2D eigenvalue weighted by atomic mass is 10.1. The molecule has 0 atom stereocenters. The number of carbonyl (C=O) groups excluding carboxylic acids is 1. The van der Waals surface area contributed by atoms with E-state index < -0.39 is 0 Å². The summed E-state index contributed by atoms with van der Waals surface area (Å²) in [6.07, 6.45) is 5.03. The third-order valence-corrected chi connectivity index (χ3v) is 2.33. The van der Waals surface area contributed by atoms with Crippen LogP contribution in [0.3, 0.4) is 0 Å². The number of rotatable bonds is 4. The quantitative estimate of drug-likeness (QED) is 0.632. The Kier molecular flexibility index (Phi) is 5.15. The Morgan fingerprint density at radius 3 is 2.76 bits per heavy atom. The van der Waals surface area contributed by atoms with Gasteiger partial charge in [-0.05, 0) is 28.9 Å². The lowest BCUT2D eigenvalue weighted by Crippen LogP contribution is -2.11. The summed E-state index contributed by atoms with van der Waals surface area (Å²) in [6.45, 7) is 2.13. The summed E-state index contributed by atoms with van der Waals surface area (Å²) in [4.78, 5) is 17.7. The van der Waals surface area contributed by atoms with E-state index in [0.717, 1.165) is 10.0 Å². The van der Waals surface area contributed by atoms with Crippen molar-refractivity contribution in [1.82, 2.24) is 9.88 Å². The van der Waals surface area contributed by atoms with Gasteiger partial charge in [0, 0.05) is 42.7 Å². The van der Waals surface area contributed by atoms with Crippen molar-refractivity contribution in [3.05, 3.63) is 34.7 Å². The summed E-state index contributed by atoms with van der Waals surface area (Å²) in [5.74, 6) is -0.346. The molecule has 0 N–H and O–H groups in total. The molecule has 92 valence electrons. The molecule has 5 heteroatoms. The maximum absolute atomic E-state index is 11.8. The number of carbonyl (C=O) groups is 1. The van der Waals surface area contributed by atoms with E-state index >= 15 is 0 Å². The van der Waals surface area contributed by atoms with E-state index in [2.05, 4.69) is 20.9 Å². The highest BCUT2D eigenvalue weighted by Crippen LogP contribution is 2.19. The highest BCUT2D eigenvalue weighted by Gasteiger charge is 2.14. The van der Waals surface area contributed by atoms with Gasteiger partial charge in [0.05, 0.1) is 12.2 Å². The smallest absolute Gasteiger partial charge is 0.340 e. The largest absolute Gasteiger partial charge is 0.462 e. The minimum Gasteiger partial charge on any atom is -0.462 e. The zero-order valence-corrected chi connectivity index (χ0v) is 11.7. The monoisotopic (exact) mass is 298 g/mol. The number of pyridine rings is 1. The number of nitrogens with zero attached hydrogens (tertiary/aromatic N) is 2. The van der Waals surface area contributed by atoms with Gasteiger partial charge in [-0.1, -0.05) is 0 Å². The van der Waals surface area contributed by atoms with Crippen molar-refractivity contribution in [3.8, 4) is 0 Å². The van der Waals surface area contributed by atoms with Gasteiger partial charge in [-0.15, -0.1) is 0 Å². The molecule has 1 aromatic rings. The number of hydrogen-bond donors (Lipinski definition) is 0. The predicted molar refractivity (Wildman–Crippen MR) is 70.2 cm³/mol. The van der Waals surface area contributed by atoms with Crippen LogP contribution >= 0.6 is 15.9 Å². The van der Waals surface area contributed by atoms with E-state index in [1.165, 1.54) is 0 Å². The first-order valence-corrected chi connectivity index (χ1v) is 6.00. The van der Waals surface area contributed by atoms with E-state index in [4.69, 9.17) is 4.74 Å². The number of esters is 1. The van der Waals surface area contributed by atoms with Gasteiger partial charge < -0.3 is 9.64 Å². The summed E-state index contributed by atoms with van der Waals surface area (Å²) in [7, 11) is 3.70. The number of halogens is 1. The molecule has 1 rings (SSSR count). The maximum Gasteiger partial charge on any atom is 0.340 e. The Labute approximate surface area is 109 Å². The van der Waals surface area contributed by atoms with Gasteiger partial charge in [0.25, 0.3) is 0 Å². The van der Waals surface area contributed by atoms with Crippen molar-refractivity contribution in [2.24, 2.45) is 0 Å². The van der Waals surface area contributed by atoms with Gasteiger partial charge in [0.1, 0.15) is 0 Å². The molecule has 0 bridgehead atoms. The van der Waals surface area contributed by atoms with E-state index in [0.29, 0.717) is 12.2 Å². The van der Waals surface area contributed by atoms with Crippen LogP contribution in [0.4, 0.5) is 0 Å². The van der Waals surface area contributed by atoms with Crippen LogP contribution in [0.5, 0.6) is 0 Å². The van der Waals surface area contributed by atoms with Crippen LogP contribution < -0.4 is 0 Å². The molecule has 0 spiro atoms. The Morgan fingerprint density at radius 2 is 2.24 bits per heavy atom. The van der Waals surface area contributed by atoms with Crippen LogP contribution in [0.25, 0.3) is 5.57 Å². The zero-order valence-electron chi connectivity index (χ0n) is 10.1. The second-order valence-corrected chi connectivity index (χ2v) is 4.53. The van der Waals surface area contributed by atoms with Crippen molar-refractivity contribution in [2.75, 3.05) is 20.7 Å². The zero-order chi connectivity index (χ0) is 12.8. The number of hydrogen-bond acceptors (Lipinski definition) is 4. The SMILES string of the molecule is CCOC(=O)C(=CN(C)C)c1cncc(Br)c1. The molecule has 0 saturated heterocycles. The van der Waals surface area contributed by atoms with Gasteiger partial charge in [0.2, 0.25) is 0 Å². The van der Waals surface area contributed by atoms with Crippen molar-refractivity contribution < 1.29 is 9.53 Å².